The Kier molecular flexibility index (Phi) is 6.45. The van der Waals surface area contributed by atoms with Crippen LogP contribution in [0.1, 0.15) is 12.0 Å². The first-order chi connectivity index (χ1) is 15.6. The summed E-state index contributed by atoms with van der Waals surface area (Å²) in [4.78, 5) is 47.1. The number of oxazole rings is 1. The number of phosphoric ester groups is 1. The summed E-state index contributed by atoms with van der Waals surface area (Å²) in [5.41, 5.74) is -0.808. The van der Waals surface area contributed by atoms with Crippen LogP contribution in [-0.4, -0.2) is 59.0 Å². The Morgan fingerprint density at radius 2 is 1.82 bits per heavy atom. The van der Waals surface area contributed by atoms with Crippen LogP contribution in [0.4, 0.5) is 0 Å². The molecule has 1 aromatic carbocycles. The van der Waals surface area contributed by atoms with Gasteiger partial charge in [-0.3, -0.25) is 18.5 Å². The van der Waals surface area contributed by atoms with Gasteiger partial charge in [-0.15, -0.1) is 0 Å². The number of aromatic nitrogens is 3. The minimum absolute atomic E-state index is 0.228. The molecular weight excluding hydrogens is 461 g/mol. The third kappa shape index (κ3) is 5.04. The molecule has 4 rings (SSSR count). The Bertz CT molecular complexity index is 1280. The zero-order valence-electron chi connectivity index (χ0n) is 16.9. The third-order valence-electron chi connectivity index (χ3n) is 5.00. The van der Waals surface area contributed by atoms with Crippen LogP contribution in [0.3, 0.4) is 0 Å². The van der Waals surface area contributed by atoms with Crippen LogP contribution in [-0.2, 0) is 20.4 Å². The summed E-state index contributed by atoms with van der Waals surface area (Å²) in [6.07, 6.45) is -3.52. The number of aliphatic hydroxyl groups excluding tert-OH is 2. The van der Waals surface area contributed by atoms with Crippen molar-refractivity contribution >= 4 is 7.82 Å². The SMILES string of the molecule is O=c1ccn([C@@H]2O[C@H](COP(=O)(O)O)[C@H](O)[C@@H]2O)c(=O)n1Cc1cnc(-c2ccccc2)o1. The molecule has 176 valence electrons. The second kappa shape index (κ2) is 9.15. The molecule has 0 bridgehead atoms. The molecule has 1 fully saturated rings. The highest BCUT2D eigenvalue weighted by Crippen LogP contribution is 2.38. The van der Waals surface area contributed by atoms with Gasteiger partial charge in [-0.25, -0.2) is 14.3 Å². The van der Waals surface area contributed by atoms with Crippen molar-refractivity contribution in [2.75, 3.05) is 6.61 Å². The molecule has 0 unspecified atom stereocenters. The maximum atomic E-state index is 13.0. The Labute approximate surface area is 185 Å². The van der Waals surface area contributed by atoms with Crippen molar-refractivity contribution in [3.63, 3.8) is 0 Å². The predicted molar refractivity (Wildman–Crippen MR) is 110 cm³/mol. The Morgan fingerprint density at radius 1 is 1.09 bits per heavy atom. The van der Waals surface area contributed by atoms with Gasteiger partial charge >= 0.3 is 13.5 Å². The fraction of sp³-hybridized carbons (Fsp3) is 0.316. The van der Waals surface area contributed by atoms with Crippen LogP contribution in [0.5, 0.6) is 0 Å². The minimum Gasteiger partial charge on any atom is -0.439 e. The van der Waals surface area contributed by atoms with E-state index in [2.05, 4.69) is 9.51 Å². The summed E-state index contributed by atoms with van der Waals surface area (Å²) >= 11 is 0. The van der Waals surface area contributed by atoms with E-state index < -0.39 is 50.2 Å². The van der Waals surface area contributed by atoms with Gasteiger partial charge in [-0.2, -0.15) is 0 Å². The van der Waals surface area contributed by atoms with E-state index in [4.69, 9.17) is 18.9 Å². The molecule has 0 saturated carbocycles. The largest absolute Gasteiger partial charge is 0.469 e. The van der Waals surface area contributed by atoms with E-state index in [1.807, 2.05) is 6.07 Å². The second-order valence-electron chi connectivity index (χ2n) is 7.26. The second-order valence-corrected chi connectivity index (χ2v) is 8.50. The van der Waals surface area contributed by atoms with E-state index in [1.54, 1.807) is 24.3 Å². The van der Waals surface area contributed by atoms with Crippen LogP contribution in [0.2, 0.25) is 0 Å². The first-order valence-electron chi connectivity index (χ1n) is 9.68. The number of hydrogen-bond acceptors (Lipinski definition) is 9. The lowest BCUT2D eigenvalue weighted by atomic mass is 10.1. The number of rotatable bonds is 7. The standard InChI is InChI=1S/C19H20N3O10P/c23-14-6-7-21(18-16(25)15(24)13(32-18)10-30-33(27,28)29)19(26)22(14)9-12-8-20-17(31-12)11-4-2-1-3-5-11/h1-8,13,15-16,18,24-25H,9-10H2,(H2,27,28,29)/t13-,15+,16+,18-/m1/s1. The van der Waals surface area contributed by atoms with Crippen LogP contribution in [0.25, 0.3) is 11.5 Å². The van der Waals surface area contributed by atoms with Gasteiger partial charge in [0, 0.05) is 17.8 Å². The number of nitrogens with zero attached hydrogens (tertiary/aromatic N) is 3. The minimum atomic E-state index is -4.84. The third-order valence-corrected chi connectivity index (χ3v) is 5.49. The van der Waals surface area contributed by atoms with Gasteiger partial charge in [-0.05, 0) is 12.1 Å². The lowest BCUT2D eigenvalue weighted by Crippen LogP contribution is -2.43. The summed E-state index contributed by atoms with van der Waals surface area (Å²) in [6, 6.07) is 10.1. The molecule has 13 nitrogen and oxygen atoms in total. The average Bonchev–Trinajstić information content (AvgIpc) is 3.35. The molecule has 0 aliphatic carbocycles. The van der Waals surface area contributed by atoms with E-state index in [1.165, 1.54) is 6.20 Å². The van der Waals surface area contributed by atoms with Gasteiger partial charge in [0.15, 0.2) is 6.23 Å². The van der Waals surface area contributed by atoms with Crippen molar-refractivity contribution in [1.29, 1.82) is 0 Å². The molecule has 1 aliphatic rings. The number of hydrogen-bond donors (Lipinski definition) is 4. The maximum Gasteiger partial charge on any atom is 0.469 e. The van der Waals surface area contributed by atoms with Gasteiger partial charge < -0.3 is 29.2 Å². The van der Waals surface area contributed by atoms with Crippen LogP contribution in [0, 0.1) is 0 Å². The van der Waals surface area contributed by atoms with Crippen molar-refractivity contribution in [3.05, 3.63) is 75.4 Å². The summed E-state index contributed by atoms with van der Waals surface area (Å²) in [5, 5.41) is 20.4. The molecule has 0 amide bonds. The topological polar surface area (TPSA) is 186 Å². The van der Waals surface area contributed by atoms with Crippen LogP contribution >= 0.6 is 7.82 Å². The van der Waals surface area contributed by atoms with Gasteiger partial charge in [0.1, 0.15) is 24.1 Å². The van der Waals surface area contributed by atoms with Crippen molar-refractivity contribution in [2.24, 2.45) is 0 Å². The molecule has 14 heteroatoms. The predicted octanol–water partition coefficient (Wildman–Crippen LogP) is -0.558. The van der Waals surface area contributed by atoms with E-state index in [0.717, 1.165) is 21.4 Å². The van der Waals surface area contributed by atoms with Crippen molar-refractivity contribution < 1.29 is 38.2 Å². The van der Waals surface area contributed by atoms with Gasteiger partial charge in [-0.1, -0.05) is 18.2 Å². The highest BCUT2D eigenvalue weighted by Gasteiger charge is 2.45. The van der Waals surface area contributed by atoms with E-state index >= 15 is 0 Å². The fourth-order valence-corrected chi connectivity index (χ4v) is 3.73. The molecule has 3 heterocycles. The molecule has 0 spiro atoms. The number of benzene rings is 1. The van der Waals surface area contributed by atoms with Crippen molar-refractivity contribution in [1.82, 2.24) is 14.1 Å². The number of ether oxygens (including phenoxy) is 1. The first-order valence-corrected chi connectivity index (χ1v) is 11.2. The van der Waals surface area contributed by atoms with Gasteiger partial charge in [0.25, 0.3) is 5.56 Å². The van der Waals surface area contributed by atoms with E-state index in [-0.39, 0.29) is 12.3 Å². The zero-order valence-corrected chi connectivity index (χ0v) is 17.8. The summed E-state index contributed by atoms with van der Waals surface area (Å²) in [5.74, 6) is 0.534. The molecule has 2 aromatic heterocycles. The first kappa shape index (κ1) is 23.3. The van der Waals surface area contributed by atoms with Crippen LogP contribution < -0.4 is 11.2 Å². The summed E-state index contributed by atoms with van der Waals surface area (Å²) in [6.45, 7) is -0.984. The van der Waals surface area contributed by atoms with Crippen molar-refractivity contribution in [2.45, 2.75) is 31.1 Å². The molecule has 33 heavy (non-hydrogen) atoms. The lowest BCUT2D eigenvalue weighted by Gasteiger charge is -2.18. The normalized spacial score (nSPS) is 23.2. The molecule has 1 saturated heterocycles. The van der Waals surface area contributed by atoms with Crippen LogP contribution in [0.15, 0.2) is 62.8 Å². The quantitative estimate of drug-likeness (QED) is 0.317. The Balaban J connectivity index is 1.58. The maximum absolute atomic E-state index is 13.0. The summed E-state index contributed by atoms with van der Waals surface area (Å²) < 4.78 is 28.0. The number of aliphatic hydroxyl groups is 2. The van der Waals surface area contributed by atoms with E-state index in [9.17, 15) is 24.4 Å². The Morgan fingerprint density at radius 3 is 2.52 bits per heavy atom. The molecule has 4 atom stereocenters. The highest BCUT2D eigenvalue weighted by molar-refractivity contribution is 7.46. The van der Waals surface area contributed by atoms with Gasteiger partial charge in [0.05, 0.1) is 19.3 Å². The molecular formula is C19H20N3O10P. The molecule has 1 aliphatic heterocycles. The van der Waals surface area contributed by atoms with E-state index in [0.29, 0.717) is 11.5 Å². The average molecular weight is 481 g/mol. The lowest BCUT2D eigenvalue weighted by molar-refractivity contribution is -0.0548. The van der Waals surface area contributed by atoms with Gasteiger partial charge in [0.2, 0.25) is 5.89 Å². The number of phosphoric acid groups is 1. The molecule has 3 aromatic rings. The Hall–Kier alpha value is -2.90. The summed E-state index contributed by atoms with van der Waals surface area (Å²) in [7, 11) is -4.84. The fourth-order valence-electron chi connectivity index (χ4n) is 3.39. The van der Waals surface area contributed by atoms with Crippen molar-refractivity contribution in [3.8, 4) is 11.5 Å². The monoisotopic (exact) mass is 481 g/mol. The molecule has 0 radical (unpaired) electrons. The zero-order chi connectivity index (χ0) is 23.8. The smallest absolute Gasteiger partial charge is 0.439 e. The molecule has 4 N–H and O–H groups in total. The highest BCUT2D eigenvalue weighted by atomic mass is 31.2.